The van der Waals surface area contributed by atoms with Crippen LogP contribution in [0.4, 0.5) is 0 Å². The van der Waals surface area contributed by atoms with Crippen LogP contribution in [0.15, 0.2) is 12.2 Å². The minimum Gasteiger partial charge on any atom is -0.312 e. The minimum absolute atomic E-state index is 0.257. The minimum atomic E-state index is 0.257. The van der Waals surface area contributed by atoms with Gasteiger partial charge in [0, 0.05) is 5.54 Å². The molecular weight excluding hydrogens is 194 g/mol. The van der Waals surface area contributed by atoms with E-state index in [1.54, 1.807) is 0 Å². The van der Waals surface area contributed by atoms with Crippen LogP contribution in [0, 0.1) is 11.8 Å². The molecule has 1 aliphatic rings. The zero-order valence-corrected chi connectivity index (χ0v) is 11.6. The Morgan fingerprint density at radius 1 is 1.25 bits per heavy atom. The fourth-order valence-corrected chi connectivity index (χ4v) is 2.47. The molecule has 0 aromatic carbocycles. The Kier molecular flexibility index (Phi) is 5.54. The molecule has 0 heterocycles. The lowest BCUT2D eigenvalue weighted by Gasteiger charge is -2.24. The van der Waals surface area contributed by atoms with Crippen LogP contribution in [-0.4, -0.2) is 12.1 Å². The standard InChI is InChI=1S/C15H29N/c1-13-8-7-10-14(12-13)9-5-6-11-16-15(2,3)4/h5,9,13-14,16H,6-8,10-12H2,1-4H3. The molecule has 1 fully saturated rings. The Morgan fingerprint density at radius 3 is 2.62 bits per heavy atom. The molecule has 0 saturated heterocycles. The molecule has 1 aliphatic carbocycles. The predicted octanol–water partition coefficient (Wildman–Crippen LogP) is 4.15. The van der Waals surface area contributed by atoms with Crippen LogP contribution >= 0.6 is 0 Å². The van der Waals surface area contributed by atoms with Crippen LogP contribution < -0.4 is 5.32 Å². The Labute approximate surface area is 102 Å². The smallest absolute Gasteiger partial charge is 0.00966 e. The van der Waals surface area contributed by atoms with Crippen molar-refractivity contribution in [1.29, 1.82) is 0 Å². The van der Waals surface area contributed by atoms with Gasteiger partial charge in [0.2, 0.25) is 0 Å². The maximum absolute atomic E-state index is 3.52. The van der Waals surface area contributed by atoms with Crippen LogP contribution in [0.1, 0.15) is 59.8 Å². The molecule has 2 atom stereocenters. The molecule has 1 nitrogen and oxygen atoms in total. The summed E-state index contributed by atoms with van der Waals surface area (Å²) in [7, 11) is 0. The summed E-state index contributed by atoms with van der Waals surface area (Å²) in [5, 5.41) is 3.52. The first-order valence-corrected chi connectivity index (χ1v) is 6.89. The summed E-state index contributed by atoms with van der Waals surface area (Å²) in [5.41, 5.74) is 0.257. The quantitative estimate of drug-likeness (QED) is 0.558. The summed E-state index contributed by atoms with van der Waals surface area (Å²) in [5.74, 6) is 1.80. The average Bonchev–Trinajstić information content (AvgIpc) is 2.15. The van der Waals surface area contributed by atoms with E-state index < -0.39 is 0 Å². The first-order chi connectivity index (χ1) is 7.47. The topological polar surface area (TPSA) is 12.0 Å². The van der Waals surface area contributed by atoms with Crippen molar-refractivity contribution in [3.8, 4) is 0 Å². The van der Waals surface area contributed by atoms with Gasteiger partial charge in [0.05, 0.1) is 0 Å². The Morgan fingerprint density at radius 2 is 2.00 bits per heavy atom. The maximum Gasteiger partial charge on any atom is 0.00966 e. The fourth-order valence-electron chi connectivity index (χ4n) is 2.47. The van der Waals surface area contributed by atoms with Crippen molar-refractivity contribution in [2.75, 3.05) is 6.54 Å². The molecule has 1 N–H and O–H groups in total. The molecular formula is C15H29N. The van der Waals surface area contributed by atoms with Crippen LogP contribution in [0.25, 0.3) is 0 Å². The molecule has 1 heteroatoms. The van der Waals surface area contributed by atoms with E-state index in [9.17, 15) is 0 Å². The van der Waals surface area contributed by atoms with E-state index in [4.69, 9.17) is 0 Å². The highest BCUT2D eigenvalue weighted by molar-refractivity contribution is 4.91. The lowest BCUT2D eigenvalue weighted by atomic mass is 9.82. The van der Waals surface area contributed by atoms with Crippen molar-refractivity contribution in [3.05, 3.63) is 12.2 Å². The maximum atomic E-state index is 3.52. The van der Waals surface area contributed by atoms with E-state index in [-0.39, 0.29) is 5.54 Å². The largest absolute Gasteiger partial charge is 0.312 e. The Hall–Kier alpha value is -0.300. The van der Waals surface area contributed by atoms with Crippen molar-refractivity contribution in [1.82, 2.24) is 5.32 Å². The van der Waals surface area contributed by atoms with E-state index in [1.807, 2.05) is 0 Å². The van der Waals surface area contributed by atoms with Crippen LogP contribution in [0.5, 0.6) is 0 Å². The number of allylic oxidation sites excluding steroid dienone is 1. The Balaban J connectivity index is 2.12. The molecule has 2 unspecified atom stereocenters. The van der Waals surface area contributed by atoms with Crippen molar-refractivity contribution in [2.45, 2.75) is 65.3 Å². The molecule has 0 aromatic heterocycles. The molecule has 0 radical (unpaired) electrons. The van der Waals surface area contributed by atoms with Crippen LogP contribution in [0.2, 0.25) is 0 Å². The van der Waals surface area contributed by atoms with Gasteiger partial charge < -0.3 is 5.32 Å². The van der Waals surface area contributed by atoms with E-state index >= 15 is 0 Å². The van der Waals surface area contributed by atoms with E-state index in [0.717, 1.165) is 18.4 Å². The lowest BCUT2D eigenvalue weighted by molar-refractivity contribution is 0.325. The van der Waals surface area contributed by atoms with E-state index in [0.29, 0.717) is 0 Å². The first-order valence-electron chi connectivity index (χ1n) is 6.89. The number of nitrogens with one attached hydrogen (secondary N) is 1. The SMILES string of the molecule is CC1CCCC(C=CCCNC(C)(C)C)C1. The third-order valence-corrected chi connectivity index (χ3v) is 3.35. The van der Waals surface area contributed by atoms with Gasteiger partial charge in [0.25, 0.3) is 0 Å². The molecule has 0 amide bonds. The summed E-state index contributed by atoms with van der Waals surface area (Å²) < 4.78 is 0. The molecule has 0 aromatic rings. The van der Waals surface area contributed by atoms with Gasteiger partial charge >= 0.3 is 0 Å². The first kappa shape index (κ1) is 13.8. The molecule has 0 aliphatic heterocycles. The molecule has 16 heavy (non-hydrogen) atoms. The van der Waals surface area contributed by atoms with Crippen molar-refractivity contribution >= 4 is 0 Å². The molecule has 0 spiro atoms. The van der Waals surface area contributed by atoms with Gasteiger partial charge in [-0.05, 0) is 58.4 Å². The van der Waals surface area contributed by atoms with Gasteiger partial charge in [-0.25, -0.2) is 0 Å². The number of rotatable bonds is 4. The zero-order chi connectivity index (χ0) is 12.0. The normalized spacial score (nSPS) is 27.5. The predicted molar refractivity (Wildman–Crippen MR) is 72.6 cm³/mol. The molecule has 94 valence electrons. The van der Waals surface area contributed by atoms with Crippen molar-refractivity contribution in [3.63, 3.8) is 0 Å². The number of hydrogen-bond acceptors (Lipinski definition) is 1. The lowest BCUT2D eigenvalue weighted by Crippen LogP contribution is -2.36. The van der Waals surface area contributed by atoms with E-state index in [2.05, 4.69) is 45.2 Å². The van der Waals surface area contributed by atoms with Gasteiger partial charge in [0.1, 0.15) is 0 Å². The summed E-state index contributed by atoms with van der Waals surface area (Å²) in [6.07, 6.45) is 11.7. The molecule has 0 bridgehead atoms. The molecule has 1 saturated carbocycles. The van der Waals surface area contributed by atoms with Gasteiger partial charge in [-0.15, -0.1) is 0 Å². The van der Waals surface area contributed by atoms with Gasteiger partial charge in [-0.2, -0.15) is 0 Å². The summed E-state index contributed by atoms with van der Waals surface area (Å²) in [6, 6.07) is 0. The summed E-state index contributed by atoms with van der Waals surface area (Å²) >= 11 is 0. The van der Waals surface area contributed by atoms with E-state index in [1.165, 1.54) is 32.1 Å². The van der Waals surface area contributed by atoms with Crippen molar-refractivity contribution < 1.29 is 0 Å². The second-order valence-electron chi connectivity index (χ2n) is 6.43. The van der Waals surface area contributed by atoms with Gasteiger partial charge in [-0.1, -0.05) is 31.9 Å². The highest BCUT2D eigenvalue weighted by Crippen LogP contribution is 2.29. The average molecular weight is 223 g/mol. The third-order valence-electron chi connectivity index (χ3n) is 3.35. The number of hydrogen-bond donors (Lipinski definition) is 1. The zero-order valence-electron chi connectivity index (χ0n) is 11.6. The highest BCUT2D eigenvalue weighted by Gasteiger charge is 2.15. The second kappa shape index (κ2) is 6.44. The fraction of sp³-hybridized carbons (Fsp3) is 0.867. The second-order valence-corrected chi connectivity index (χ2v) is 6.43. The summed E-state index contributed by atoms with van der Waals surface area (Å²) in [6.45, 7) is 10.2. The molecule has 1 rings (SSSR count). The Bertz CT molecular complexity index is 212. The third kappa shape index (κ3) is 6.32. The van der Waals surface area contributed by atoms with Gasteiger partial charge in [-0.3, -0.25) is 0 Å². The summed E-state index contributed by atoms with van der Waals surface area (Å²) in [4.78, 5) is 0. The monoisotopic (exact) mass is 223 g/mol. The van der Waals surface area contributed by atoms with Crippen molar-refractivity contribution in [2.24, 2.45) is 11.8 Å². The van der Waals surface area contributed by atoms with Gasteiger partial charge in [0.15, 0.2) is 0 Å². The highest BCUT2D eigenvalue weighted by atomic mass is 14.9. The van der Waals surface area contributed by atoms with Crippen LogP contribution in [-0.2, 0) is 0 Å². The van der Waals surface area contributed by atoms with Crippen LogP contribution in [0.3, 0.4) is 0 Å².